The Hall–Kier alpha value is -2.54. The normalized spacial score (nSPS) is 20.8. The summed E-state index contributed by atoms with van der Waals surface area (Å²) < 4.78 is 7.34. The van der Waals surface area contributed by atoms with Crippen LogP contribution in [-0.2, 0) is 0 Å². The quantitative estimate of drug-likeness (QED) is 0.791. The Balaban J connectivity index is 1.55. The second-order valence-corrected chi connectivity index (χ2v) is 6.78. The van der Waals surface area contributed by atoms with E-state index in [-0.39, 0.29) is 0 Å². The summed E-state index contributed by atoms with van der Waals surface area (Å²) in [5.41, 5.74) is 2.88. The molecule has 0 aromatic carbocycles. The molecule has 1 saturated heterocycles. The van der Waals surface area contributed by atoms with E-state index < -0.39 is 0 Å². The molecule has 130 valence electrons. The van der Waals surface area contributed by atoms with Crippen molar-refractivity contribution in [3.8, 4) is 17.2 Å². The number of nitrogens with one attached hydrogen (secondary N) is 1. The van der Waals surface area contributed by atoms with Gasteiger partial charge in [0, 0.05) is 29.4 Å². The van der Waals surface area contributed by atoms with Crippen LogP contribution in [0.1, 0.15) is 43.0 Å². The molecule has 7 heteroatoms. The first-order valence-electron chi connectivity index (χ1n) is 8.67. The van der Waals surface area contributed by atoms with Crippen LogP contribution in [0.4, 0.5) is 0 Å². The molecule has 1 aliphatic rings. The molecule has 4 heterocycles. The maximum absolute atomic E-state index is 5.51. The molecule has 25 heavy (non-hydrogen) atoms. The number of aryl methyl sites for hydroxylation is 2. The van der Waals surface area contributed by atoms with Gasteiger partial charge in [-0.15, -0.1) is 0 Å². The van der Waals surface area contributed by atoms with Crippen molar-refractivity contribution >= 4 is 0 Å². The lowest BCUT2D eigenvalue weighted by Crippen LogP contribution is -2.34. The Labute approximate surface area is 146 Å². The molecular weight excluding hydrogens is 316 g/mol. The fourth-order valence-electron chi connectivity index (χ4n) is 3.38. The van der Waals surface area contributed by atoms with Crippen LogP contribution in [0.5, 0.6) is 0 Å². The summed E-state index contributed by atoms with van der Waals surface area (Å²) in [4.78, 5) is 9.10. The Bertz CT molecular complexity index is 866. The van der Waals surface area contributed by atoms with Crippen molar-refractivity contribution in [2.75, 3.05) is 6.54 Å². The molecule has 0 aliphatic carbocycles. The van der Waals surface area contributed by atoms with E-state index in [1.165, 1.54) is 0 Å². The molecule has 1 fully saturated rings. The summed E-state index contributed by atoms with van der Waals surface area (Å²) in [6.07, 6.45) is 3.82. The minimum Gasteiger partial charge on any atom is -0.339 e. The molecular formula is C18H22N6O. The molecule has 0 radical (unpaired) electrons. The fourth-order valence-corrected chi connectivity index (χ4v) is 3.38. The van der Waals surface area contributed by atoms with Crippen LogP contribution >= 0.6 is 0 Å². The molecule has 2 atom stereocenters. The van der Waals surface area contributed by atoms with Gasteiger partial charge in [-0.3, -0.25) is 0 Å². The minimum absolute atomic E-state index is 0.333. The van der Waals surface area contributed by atoms with Gasteiger partial charge in [-0.25, -0.2) is 9.67 Å². The van der Waals surface area contributed by atoms with Crippen molar-refractivity contribution in [3.63, 3.8) is 0 Å². The first kappa shape index (κ1) is 16.0. The third kappa shape index (κ3) is 3.19. The number of rotatable bonds is 3. The first-order chi connectivity index (χ1) is 12.1. The Morgan fingerprint density at radius 3 is 2.84 bits per heavy atom. The van der Waals surface area contributed by atoms with E-state index in [1.807, 2.05) is 36.7 Å². The van der Waals surface area contributed by atoms with Crippen LogP contribution < -0.4 is 5.32 Å². The predicted molar refractivity (Wildman–Crippen MR) is 93.6 cm³/mol. The zero-order valence-corrected chi connectivity index (χ0v) is 14.7. The summed E-state index contributed by atoms with van der Waals surface area (Å²) in [6, 6.07) is 6.40. The van der Waals surface area contributed by atoms with Crippen LogP contribution in [0.15, 0.2) is 28.9 Å². The highest BCUT2D eigenvalue weighted by molar-refractivity contribution is 5.53. The molecule has 0 spiro atoms. The Kier molecular flexibility index (Phi) is 4.09. The summed E-state index contributed by atoms with van der Waals surface area (Å²) in [5.74, 6) is 2.43. The molecule has 7 nitrogen and oxygen atoms in total. The van der Waals surface area contributed by atoms with E-state index in [2.05, 4.69) is 32.5 Å². The van der Waals surface area contributed by atoms with E-state index in [0.717, 1.165) is 48.0 Å². The molecule has 0 amide bonds. The van der Waals surface area contributed by atoms with Gasteiger partial charge in [0.25, 0.3) is 0 Å². The highest BCUT2D eigenvalue weighted by atomic mass is 16.5. The Morgan fingerprint density at radius 2 is 2.16 bits per heavy atom. The van der Waals surface area contributed by atoms with Gasteiger partial charge in [-0.2, -0.15) is 10.1 Å². The van der Waals surface area contributed by atoms with Crippen molar-refractivity contribution in [3.05, 3.63) is 41.7 Å². The van der Waals surface area contributed by atoms with E-state index in [0.29, 0.717) is 17.8 Å². The third-order valence-corrected chi connectivity index (χ3v) is 4.65. The zero-order chi connectivity index (χ0) is 17.4. The summed E-state index contributed by atoms with van der Waals surface area (Å²) >= 11 is 0. The van der Waals surface area contributed by atoms with E-state index in [4.69, 9.17) is 4.52 Å². The lowest BCUT2D eigenvalue weighted by atomic mass is 9.93. The van der Waals surface area contributed by atoms with Crippen molar-refractivity contribution in [1.29, 1.82) is 0 Å². The number of nitrogens with zero attached hydrogens (tertiary/aromatic N) is 5. The molecule has 1 N–H and O–H groups in total. The first-order valence-corrected chi connectivity index (χ1v) is 8.67. The maximum atomic E-state index is 5.51. The molecule has 3 aromatic heterocycles. The van der Waals surface area contributed by atoms with E-state index in [9.17, 15) is 0 Å². The van der Waals surface area contributed by atoms with Gasteiger partial charge in [0.15, 0.2) is 5.82 Å². The van der Waals surface area contributed by atoms with Crippen LogP contribution in [0.25, 0.3) is 17.2 Å². The van der Waals surface area contributed by atoms with Crippen molar-refractivity contribution in [2.45, 2.75) is 45.6 Å². The number of pyridine rings is 1. The van der Waals surface area contributed by atoms with Crippen molar-refractivity contribution < 1.29 is 4.52 Å². The van der Waals surface area contributed by atoms with E-state index in [1.54, 1.807) is 6.20 Å². The zero-order valence-electron chi connectivity index (χ0n) is 14.7. The number of hydrogen-bond acceptors (Lipinski definition) is 6. The molecule has 1 aliphatic heterocycles. The number of aromatic nitrogens is 5. The SMILES string of the molecule is Cc1cc(C)n(-c2ccc(-c3noc([C@H]4CCN[C@@H](C)C4)n3)cn2)n1. The summed E-state index contributed by atoms with van der Waals surface area (Å²) in [6.45, 7) is 7.16. The molecule has 3 aromatic rings. The second-order valence-electron chi connectivity index (χ2n) is 6.78. The molecule has 4 rings (SSSR count). The van der Waals surface area contributed by atoms with Gasteiger partial charge in [0.05, 0.1) is 5.69 Å². The van der Waals surface area contributed by atoms with Crippen LogP contribution in [0.3, 0.4) is 0 Å². The summed E-state index contributed by atoms with van der Waals surface area (Å²) in [5, 5.41) is 12.0. The van der Waals surface area contributed by atoms with Gasteiger partial charge in [-0.1, -0.05) is 5.16 Å². The van der Waals surface area contributed by atoms with Gasteiger partial charge in [0.2, 0.25) is 11.7 Å². The lowest BCUT2D eigenvalue weighted by Gasteiger charge is -2.25. The van der Waals surface area contributed by atoms with Crippen LogP contribution in [0.2, 0.25) is 0 Å². The third-order valence-electron chi connectivity index (χ3n) is 4.65. The van der Waals surface area contributed by atoms with Gasteiger partial charge in [0.1, 0.15) is 0 Å². The van der Waals surface area contributed by atoms with Crippen LogP contribution in [-0.4, -0.2) is 37.5 Å². The average molecular weight is 338 g/mol. The smallest absolute Gasteiger partial charge is 0.230 e. The predicted octanol–water partition coefficient (Wildman–Crippen LogP) is 2.79. The number of piperidine rings is 1. The average Bonchev–Trinajstić information content (AvgIpc) is 3.22. The molecule has 0 bridgehead atoms. The van der Waals surface area contributed by atoms with Gasteiger partial charge < -0.3 is 9.84 Å². The Morgan fingerprint density at radius 1 is 1.28 bits per heavy atom. The number of hydrogen-bond donors (Lipinski definition) is 1. The highest BCUT2D eigenvalue weighted by Crippen LogP contribution is 2.28. The summed E-state index contributed by atoms with van der Waals surface area (Å²) in [7, 11) is 0. The molecule has 0 saturated carbocycles. The largest absolute Gasteiger partial charge is 0.339 e. The lowest BCUT2D eigenvalue weighted by molar-refractivity contribution is 0.295. The van der Waals surface area contributed by atoms with E-state index >= 15 is 0 Å². The minimum atomic E-state index is 0.333. The van der Waals surface area contributed by atoms with Gasteiger partial charge >= 0.3 is 0 Å². The standard InChI is InChI=1S/C18H22N6O/c1-11-9-14(6-7-19-11)18-21-17(23-25-18)15-4-5-16(20-10-15)24-13(3)8-12(2)22-24/h4-5,8,10-11,14,19H,6-7,9H2,1-3H3/t11-,14-/m0/s1. The topological polar surface area (TPSA) is 81.7 Å². The second kappa shape index (κ2) is 6.40. The molecule has 0 unspecified atom stereocenters. The van der Waals surface area contributed by atoms with Crippen molar-refractivity contribution in [1.82, 2.24) is 30.2 Å². The maximum Gasteiger partial charge on any atom is 0.230 e. The van der Waals surface area contributed by atoms with Crippen molar-refractivity contribution in [2.24, 2.45) is 0 Å². The fraction of sp³-hybridized carbons (Fsp3) is 0.444. The highest BCUT2D eigenvalue weighted by Gasteiger charge is 2.25. The monoisotopic (exact) mass is 338 g/mol. The van der Waals surface area contributed by atoms with Gasteiger partial charge in [-0.05, 0) is 58.4 Å². The van der Waals surface area contributed by atoms with Crippen LogP contribution in [0, 0.1) is 13.8 Å².